The second-order valence-electron chi connectivity index (χ2n) is 3.15. The van der Waals surface area contributed by atoms with Crippen LogP contribution in [0.5, 0.6) is 0 Å². The predicted molar refractivity (Wildman–Crippen MR) is 45.0 cm³/mol. The van der Waals surface area contributed by atoms with Crippen LogP contribution in [0, 0.1) is 11.8 Å². The van der Waals surface area contributed by atoms with E-state index in [9.17, 15) is 9.59 Å². The van der Waals surface area contributed by atoms with E-state index in [0.29, 0.717) is 0 Å². The molecule has 0 aromatic heterocycles. The Labute approximate surface area is 68.1 Å². The van der Waals surface area contributed by atoms with Crippen molar-refractivity contribution in [2.45, 2.75) is 19.5 Å². The maximum Gasteiger partial charge on any atom is 0.234 e. The molecule has 1 N–H and O–H groups in total. The number of hydrogen-bond acceptors (Lipinski definition) is 2. The Kier molecular flexibility index (Phi) is 2.28. The van der Waals surface area contributed by atoms with Gasteiger partial charge in [0.15, 0.2) is 0 Å². The minimum Gasteiger partial charge on any atom is -0.296 e. The molecule has 0 spiro atoms. The van der Waals surface area contributed by atoms with Crippen LogP contribution in [-0.4, -0.2) is 17.5 Å². The molecule has 3 unspecified atom stereocenters. The van der Waals surface area contributed by atoms with Gasteiger partial charge in [-0.25, -0.2) is 0 Å². The van der Waals surface area contributed by atoms with E-state index in [1.54, 1.807) is 0 Å². The topological polar surface area (TPSA) is 46.2 Å². The van der Waals surface area contributed by atoms with E-state index in [-0.39, 0.29) is 29.3 Å². The normalized spacial score (nSPS) is 31.3. The van der Waals surface area contributed by atoms with Crippen molar-refractivity contribution in [1.82, 2.24) is 5.32 Å². The lowest BCUT2D eigenvalue weighted by atomic mass is 9.94. The minimum absolute atomic E-state index is 0.134. The lowest BCUT2D eigenvalue weighted by Gasteiger charge is -2.13. The molecular weight excluding hydrogens is 161 g/mol. The first-order valence-electron chi connectivity index (χ1n) is 3.64. The van der Waals surface area contributed by atoms with Crippen LogP contribution < -0.4 is 5.32 Å². The highest BCUT2D eigenvalue weighted by atomic mass is 31.0. The number of hydrogen-bond donors (Lipinski definition) is 1. The fourth-order valence-electron chi connectivity index (χ4n) is 1.33. The molecule has 0 aromatic carbocycles. The number of imide groups is 1. The Morgan fingerprint density at radius 3 is 2.09 bits per heavy atom. The fourth-order valence-corrected chi connectivity index (χ4v) is 2.03. The summed E-state index contributed by atoms with van der Waals surface area (Å²) in [5, 5.41) is 2.30. The summed E-state index contributed by atoms with van der Waals surface area (Å²) in [7, 11) is 2.41. The monoisotopic (exact) mass is 173 g/mol. The van der Waals surface area contributed by atoms with Gasteiger partial charge in [0.1, 0.15) is 0 Å². The molecule has 0 saturated carbocycles. The zero-order valence-corrected chi connectivity index (χ0v) is 7.78. The molecule has 62 valence electrons. The molecule has 3 atom stereocenters. The van der Waals surface area contributed by atoms with E-state index < -0.39 is 0 Å². The highest BCUT2D eigenvalue weighted by Crippen LogP contribution is 2.26. The molecule has 1 aliphatic heterocycles. The average Bonchev–Trinajstić information content (AvgIpc) is 2.07. The summed E-state index contributed by atoms with van der Waals surface area (Å²) in [5.41, 5.74) is -0.234. The van der Waals surface area contributed by atoms with Gasteiger partial charge in [0.05, 0.1) is 11.6 Å². The van der Waals surface area contributed by atoms with Gasteiger partial charge in [-0.15, -0.1) is 9.24 Å². The molecule has 0 radical (unpaired) electrons. The van der Waals surface area contributed by atoms with E-state index in [4.69, 9.17) is 0 Å². The molecule has 11 heavy (non-hydrogen) atoms. The molecule has 0 aliphatic carbocycles. The van der Waals surface area contributed by atoms with Gasteiger partial charge in [-0.3, -0.25) is 14.9 Å². The van der Waals surface area contributed by atoms with Crippen LogP contribution in [0.25, 0.3) is 0 Å². The van der Waals surface area contributed by atoms with Crippen molar-refractivity contribution in [2.24, 2.45) is 11.8 Å². The molecular formula is C7H12NO2P. The Hall–Kier alpha value is -0.430. The Morgan fingerprint density at radius 2 is 1.91 bits per heavy atom. The number of carbonyl (C=O) groups excluding carboxylic acids is 2. The van der Waals surface area contributed by atoms with Crippen molar-refractivity contribution in [3.05, 3.63) is 0 Å². The van der Waals surface area contributed by atoms with E-state index in [2.05, 4.69) is 14.6 Å². The van der Waals surface area contributed by atoms with Crippen LogP contribution in [-0.2, 0) is 9.59 Å². The van der Waals surface area contributed by atoms with Crippen LogP contribution in [0.2, 0.25) is 0 Å². The Bertz CT molecular complexity index is 203. The van der Waals surface area contributed by atoms with Crippen molar-refractivity contribution in [1.29, 1.82) is 0 Å². The largest absolute Gasteiger partial charge is 0.296 e. The summed E-state index contributed by atoms with van der Waals surface area (Å²) in [6.45, 7) is 3.89. The van der Waals surface area contributed by atoms with E-state index in [1.807, 2.05) is 13.8 Å². The quantitative estimate of drug-likeness (QED) is 0.453. The second-order valence-corrected chi connectivity index (χ2v) is 3.87. The highest BCUT2D eigenvalue weighted by Gasteiger charge is 2.40. The smallest absolute Gasteiger partial charge is 0.234 e. The SMILES string of the molecule is CC(C)C1C(=O)NC(=O)C1P. The summed E-state index contributed by atoms with van der Waals surface area (Å²) in [6.07, 6.45) is 0. The average molecular weight is 173 g/mol. The van der Waals surface area contributed by atoms with Crippen molar-refractivity contribution in [3.8, 4) is 0 Å². The molecule has 1 rings (SSSR count). The van der Waals surface area contributed by atoms with Crippen molar-refractivity contribution >= 4 is 21.1 Å². The van der Waals surface area contributed by atoms with Gasteiger partial charge in [0.2, 0.25) is 11.8 Å². The van der Waals surface area contributed by atoms with E-state index >= 15 is 0 Å². The molecule has 1 aliphatic rings. The molecule has 0 bridgehead atoms. The van der Waals surface area contributed by atoms with Gasteiger partial charge in [0, 0.05) is 0 Å². The number of nitrogens with one attached hydrogen (secondary N) is 1. The summed E-state index contributed by atoms with van der Waals surface area (Å²) >= 11 is 0. The lowest BCUT2D eigenvalue weighted by molar-refractivity contribution is -0.126. The molecule has 1 saturated heterocycles. The van der Waals surface area contributed by atoms with Crippen LogP contribution in [0.4, 0.5) is 0 Å². The van der Waals surface area contributed by atoms with Gasteiger partial charge in [0.25, 0.3) is 0 Å². The molecule has 3 nitrogen and oxygen atoms in total. The second kappa shape index (κ2) is 2.90. The third kappa shape index (κ3) is 1.43. The van der Waals surface area contributed by atoms with Crippen molar-refractivity contribution in [2.75, 3.05) is 0 Å². The zero-order chi connectivity index (χ0) is 8.59. The maximum absolute atomic E-state index is 11.1. The van der Waals surface area contributed by atoms with Gasteiger partial charge in [-0.1, -0.05) is 13.8 Å². The summed E-state index contributed by atoms with van der Waals surface area (Å²) in [4.78, 5) is 22.0. The number of carbonyl (C=O) groups is 2. The Morgan fingerprint density at radius 1 is 1.36 bits per heavy atom. The van der Waals surface area contributed by atoms with Gasteiger partial charge < -0.3 is 0 Å². The summed E-state index contributed by atoms with van der Waals surface area (Å²) in [5.74, 6) is -0.236. The summed E-state index contributed by atoms with van der Waals surface area (Å²) in [6, 6.07) is 0. The number of rotatable bonds is 1. The highest BCUT2D eigenvalue weighted by molar-refractivity contribution is 7.19. The number of amides is 2. The van der Waals surface area contributed by atoms with Crippen LogP contribution >= 0.6 is 9.24 Å². The first-order valence-corrected chi connectivity index (χ1v) is 4.31. The summed E-state index contributed by atoms with van der Waals surface area (Å²) < 4.78 is 0. The van der Waals surface area contributed by atoms with Crippen LogP contribution in [0.3, 0.4) is 0 Å². The third-order valence-electron chi connectivity index (χ3n) is 1.96. The van der Waals surface area contributed by atoms with Crippen molar-refractivity contribution in [3.63, 3.8) is 0 Å². The van der Waals surface area contributed by atoms with Gasteiger partial charge >= 0.3 is 0 Å². The first kappa shape index (κ1) is 8.66. The fraction of sp³-hybridized carbons (Fsp3) is 0.714. The first-order chi connectivity index (χ1) is 5.04. The minimum atomic E-state index is -0.234. The molecule has 4 heteroatoms. The standard InChI is InChI=1S/C7H12NO2P/c1-3(2)4-5(11)7(10)8-6(4)9/h3-5H,11H2,1-2H3,(H,8,9,10). The maximum atomic E-state index is 11.1. The predicted octanol–water partition coefficient (Wildman–Crippen LogP) is 0.159. The molecule has 1 heterocycles. The molecule has 0 aromatic rings. The van der Waals surface area contributed by atoms with Gasteiger partial charge in [-0.05, 0) is 5.92 Å². The third-order valence-corrected chi connectivity index (χ3v) is 2.67. The molecule has 1 fully saturated rings. The van der Waals surface area contributed by atoms with Crippen LogP contribution in [0.15, 0.2) is 0 Å². The van der Waals surface area contributed by atoms with Gasteiger partial charge in [-0.2, -0.15) is 0 Å². The lowest BCUT2D eigenvalue weighted by Crippen LogP contribution is -2.24. The zero-order valence-electron chi connectivity index (χ0n) is 6.63. The van der Waals surface area contributed by atoms with Crippen molar-refractivity contribution < 1.29 is 9.59 Å². The van der Waals surface area contributed by atoms with E-state index in [1.165, 1.54) is 0 Å². The van der Waals surface area contributed by atoms with Crippen LogP contribution in [0.1, 0.15) is 13.8 Å². The van der Waals surface area contributed by atoms with E-state index in [0.717, 1.165) is 0 Å². The Balaban J connectivity index is 2.79. The molecule has 2 amide bonds.